The van der Waals surface area contributed by atoms with Crippen LogP contribution in [0.4, 0.5) is 5.69 Å². The summed E-state index contributed by atoms with van der Waals surface area (Å²) >= 11 is 0. The van der Waals surface area contributed by atoms with Gasteiger partial charge in [-0.1, -0.05) is 12.1 Å². The van der Waals surface area contributed by atoms with Crippen LogP contribution in [0.15, 0.2) is 36.5 Å². The first kappa shape index (κ1) is 14.7. The maximum absolute atomic E-state index is 11.7. The number of hydrogen-bond donors (Lipinski definition) is 2. The van der Waals surface area contributed by atoms with Gasteiger partial charge in [0.15, 0.2) is 0 Å². The van der Waals surface area contributed by atoms with Crippen molar-refractivity contribution in [2.75, 3.05) is 18.5 Å². The van der Waals surface area contributed by atoms with E-state index in [1.54, 1.807) is 30.5 Å². The summed E-state index contributed by atoms with van der Waals surface area (Å²) in [5, 5.41) is 6.81. The Morgan fingerprint density at radius 2 is 2.10 bits per heavy atom. The lowest BCUT2D eigenvalue weighted by Gasteiger charge is -2.10. The molecule has 0 radical (unpaired) electrons. The number of para-hydroxylation sites is 2. The third-order valence-corrected chi connectivity index (χ3v) is 2.70. The molecule has 1 aromatic carbocycles. The summed E-state index contributed by atoms with van der Waals surface area (Å²) in [6, 6.07) is 8.62. The molecule has 7 nitrogen and oxygen atoms in total. The first-order chi connectivity index (χ1) is 10.1. The largest absolute Gasteiger partial charge is 0.372 e. The van der Waals surface area contributed by atoms with Gasteiger partial charge < -0.3 is 15.8 Å². The highest BCUT2D eigenvalue weighted by Crippen LogP contribution is 2.19. The molecular weight excluding hydrogens is 272 g/mol. The minimum atomic E-state index is -0.605. The van der Waals surface area contributed by atoms with E-state index >= 15 is 0 Å². The predicted octanol–water partition coefficient (Wildman–Crippen LogP) is 0.946. The van der Waals surface area contributed by atoms with Crippen LogP contribution in [0.1, 0.15) is 17.4 Å². The molecule has 0 fully saturated rings. The fourth-order valence-corrected chi connectivity index (χ4v) is 1.75. The van der Waals surface area contributed by atoms with Crippen LogP contribution in [0, 0.1) is 0 Å². The molecule has 0 unspecified atom stereocenters. The van der Waals surface area contributed by atoms with Crippen molar-refractivity contribution in [3.63, 3.8) is 0 Å². The second-order valence-electron chi connectivity index (χ2n) is 4.21. The van der Waals surface area contributed by atoms with E-state index < -0.39 is 5.91 Å². The van der Waals surface area contributed by atoms with E-state index in [-0.39, 0.29) is 18.2 Å². The van der Waals surface area contributed by atoms with E-state index in [0.29, 0.717) is 18.0 Å². The number of hydrogen-bond acceptors (Lipinski definition) is 4. The smallest absolute Gasteiger partial charge is 0.269 e. The van der Waals surface area contributed by atoms with Gasteiger partial charge in [0.2, 0.25) is 5.91 Å². The van der Waals surface area contributed by atoms with Crippen LogP contribution in [0.25, 0.3) is 5.69 Å². The average molecular weight is 288 g/mol. The standard InChI is InChI=1S/C14H16N4O3/c1-2-21-9-13(19)16-10-5-3-4-6-12(10)18-8-7-11(17-18)14(15)20/h3-8H,2,9H2,1H3,(H2,15,20)(H,16,19). The Kier molecular flexibility index (Phi) is 4.68. The number of carbonyl (C=O) groups excluding carboxylic acids is 2. The number of rotatable bonds is 6. The minimum absolute atomic E-state index is 0.0174. The van der Waals surface area contributed by atoms with Crippen LogP contribution in [-0.2, 0) is 9.53 Å². The molecule has 21 heavy (non-hydrogen) atoms. The molecule has 2 rings (SSSR count). The van der Waals surface area contributed by atoms with Crippen molar-refractivity contribution in [3.8, 4) is 5.69 Å². The van der Waals surface area contributed by atoms with Crippen molar-refractivity contribution < 1.29 is 14.3 Å². The van der Waals surface area contributed by atoms with Gasteiger partial charge in [-0.2, -0.15) is 5.10 Å². The molecule has 0 bridgehead atoms. The topological polar surface area (TPSA) is 99.2 Å². The van der Waals surface area contributed by atoms with Crippen molar-refractivity contribution in [1.29, 1.82) is 0 Å². The normalized spacial score (nSPS) is 10.3. The van der Waals surface area contributed by atoms with Gasteiger partial charge in [0.05, 0.1) is 11.4 Å². The molecule has 0 spiro atoms. The van der Waals surface area contributed by atoms with Gasteiger partial charge in [-0.05, 0) is 25.1 Å². The highest BCUT2D eigenvalue weighted by molar-refractivity contribution is 5.94. The Balaban J connectivity index is 2.23. The monoisotopic (exact) mass is 288 g/mol. The molecule has 1 aromatic heterocycles. The molecule has 3 N–H and O–H groups in total. The summed E-state index contributed by atoms with van der Waals surface area (Å²) < 4.78 is 6.54. The van der Waals surface area contributed by atoms with Crippen molar-refractivity contribution in [3.05, 3.63) is 42.2 Å². The van der Waals surface area contributed by atoms with Crippen LogP contribution in [0.3, 0.4) is 0 Å². The number of amides is 2. The van der Waals surface area contributed by atoms with Crippen molar-refractivity contribution in [2.45, 2.75) is 6.92 Å². The number of anilines is 1. The summed E-state index contributed by atoms with van der Waals surface area (Å²) in [5.74, 6) is -0.863. The predicted molar refractivity (Wildman–Crippen MR) is 77.2 cm³/mol. The third-order valence-electron chi connectivity index (χ3n) is 2.70. The van der Waals surface area contributed by atoms with Crippen molar-refractivity contribution in [2.24, 2.45) is 5.73 Å². The summed E-state index contributed by atoms with van der Waals surface area (Å²) in [6.45, 7) is 2.27. The van der Waals surface area contributed by atoms with E-state index in [1.807, 2.05) is 6.92 Å². The minimum Gasteiger partial charge on any atom is -0.372 e. The van der Waals surface area contributed by atoms with Gasteiger partial charge in [0.25, 0.3) is 5.91 Å². The number of ether oxygens (including phenoxy) is 1. The zero-order valence-corrected chi connectivity index (χ0v) is 11.6. The summed E-state index contributed by atoms with van der Waals surface area (Å²) in [4.78, 5) is 22.8. The molecule has 7 heteroatoms. The maximum Gasteiger partial charge on any atom is 0.269 e. The number of nitrogens with two attached hydrogens (primary N) is 1. The Bertz CT molecular complexity index is 651. The molecule has 0 aliphatic rings. The third kappa shape index (κ3) is 3.67. The van der Waals surface area contributed by atoms with Gasteiger partial charge in [-0.25, -0.2) is 4.68 Å². The fourth-order valence-electron chi connectivity index (χ4n) is 1.75. The van der Waals surface area contributed by atoms with E-state index in [9.17, 15) is 9.59 Å². The first-order valence-electron chi connectivity index (χ1n) is 6.44. The second-order valence-corrected chi connectivity index (χ2v) is 4.21. The second kappa shape index (κ2) is 6.67. The fraction of sp³-hybridized carbons (Fsp3) is 0.214. The number of aromatic nitrogens is 2. The molecule has 0 saturated heterocycles. The van der Waals surface area contributed by atoms with Gasteiger partial charge in [-0.3, -0.25) is 9.59 Å². The molecule has 0 aliphatic heterocycles. The van der Waals surface area contributed by atoms with Crippen LogP contribution in [0.2, 0.25) is 0 Å². The highest BCUT2D eigenvalue weighted by Gasteiger charge is 2.11. The zero-order valence-electron chi connectivity index (χ0n) is 11.6. The number of benzene rings is 1. The first-order valence-corrected chi connectivity index (χ1v) is 6.44. The SMILES string of the molecule is CCOCC(=O)Nc1ccccc1-n1ccc(C(N)=O)n1. The molecule has 0 aliphatic carbocycles. The highest BCUT2D eigenvalue weighted by atomic mass is 16.5. The van der Waals surface area contributed by atoms with Gasteiger partial charge >= 0.3 is 0 Å². The maximum atomic E-state index is 11.7. The number of nitrogens with zero attached hydrogens (tertiary/aromatic N) is 2. The number of primary amides is 1. The molecule has 1 heterocycles. The Morgan fingerprint density at radius 3 is 2.76 bits per heavy atom. The van der Waals surface area contributed by atoms with E-state index in [0.717, 1.165) is 0 Å². The van der Waals surface area contributed by atoms with Crippen molar-refractivity contribution >= 4 is 17.5 Å². The van der Waals surface area contributed by atoms with E-state index in [4.69, 9.17) is 10.5 Å². The number of nitrogens with one attached hydrogen (secondary N) is 1. The molecule has 110 valence electrons. The van der Waals surface area contributed by atoms with Gasteiger partial charge in [-0.15, -0.1) is 0 Å². The molecule has 2 amide bonds. The Morgan fingerprint density at radius 1 is 1.33 bits per heavy atom. The summed E-state index contributed by atoms with van der Waals surface area (Å²) in [6.07, 6.45) is 1.60. The summed E-state index contributed by atoms with van der Waals surface area (Å²) in [7, 11) is 0. The van der Waals surface area contributed by atoms with Crippen LogP contribution in [-0.4, -0.2) is 34.8 Å². The molecule has 0 atom stereocenters. The molecule has 0 saturated carbocycles. The lowest BCUT2D eigenvalue weighted by atomic mass is 10.2. The Hall–Kier alpha value is -2.67. The van der Waals surface area contributed by atoms with Crippen LogP contribution >= 0.6 is 0 Å². The van der Waals surface area contributed by atoms with Crippen molar-refractivity contribution in [1.82, 2.24) is 9.78 Å². The van der Waals surface area contributed by atoms with E-state index in [2.05, 4.69) is 10.4 Å². The van der Waals surface area contributed by atoms with Crippen LogP contribution < -0.4 is 11.1 Å². The average Bonchev–Trinajstić information content (AvgIpc) is 2.95. The van der Waals surface area contributed by atoms with Crippen LogP contribution in [0.5, 0.6) is 0 Å². The molecular formula is C14H16N4O3. The lowest BCUT2D eigenvalue weighted by Crippen LogP contribution is -2.19. The van der Waals surface area contributed by atoms with Gasteiger partial charge in [0, 0.05) is 12.8 Å². The zero-order chi connectivity index (χ0) is 15.2. The van der Waals surface area contributed by atoms with Gasteiger partial charge in [0.1, 0.15) is 12.3 Å². The Labute approximate surface area is 121 Å². The summed E-state index contributed by atoms with van der Waals surface area (Å²) in [5.41, 5.74) is 6.54. The van der Waals surface area contributed by atoms with E-state index in [1.165, 1.54) is 10.7 Å². The molecule has 2 aromatic rings. The lowest BCUT2D eigenvalue weighted by molar-refractivity contribution is -0.120. The number of carbonyl (C=O) groups is 2. The quantitative estimate of drug-likeness (QED) is 0.826.